The van der Waals surface area contributed by atoms with Gasteiger partial charge in [0.25, 0.3) is 0 Å². The van der Waals surface area contributed by atoms with E-state index in [1.807, 2.05) is 33.5 Å². The lowest BCUT2D eigenvalue weighted by molar-refractivity contribution is 0.208. The van der Waals surface area contributed by atoms with Crippen LogP contribution < -0.4 is 5.43 Å². The van der Waals surface area contributed by atoms with Crippen molar-refractivity contribution < 1.29 is 5.11 Å². The van der Waals surface area contributed by atoms with Crippen LogP contribution in [-0.4, -0.2) is 42.7 Å². The zero-order chi connectivity index (χ0) is 15.8. The minimum absolute atomic E-state index is 0.184. The third-order valence-electron chi connectivity index (χ3n) is 4.29. The highest BCUT2D eigenvalue weighted by Gasteiger charge is 2.17. The van der Waals surface area contributed by atoms with Crippen LogP contribution in [0.5, 0.6) is 5.75 Å². The number of hydrogen-bond acceptors (Lipinski definition) is 5. The van der Waals surface area contributed by atoms with E-state index in [4.69, 9.17) is 0 Å². The van der Waals surface area contributed by atoms with Crippen LogP contribution >= 0.6 is 0 Å². The number of aromatic nitrogens is 4. The maximum atomic E-state index is 11.6. The molecule has 0 spiro atoms. The molecule has 0 fully saturated rings. The molecule has 3 heterocycles. The largest absolute Gasteiger partial charge is 0.503 e. The molecule has 4 rings (SSSR count). The predicted octanol–water partition coefficient (Wildman–Crippen LogP) is 0.814. The number of nitrogens with zero attached hydrogens (tertiary/aromatic N) is 5. The standard InChI is InChI=1S/C16H17N5O2/c22-15-9-12-10-19(5-7-20(12)11-16(15)23)6-8-21-14-4-2-1-3-13(14)17-18-21/h1-4,9,11,23H,5-8,10H2. The molecule has 0 aliphatic carbocycles. The molecule has 1 aliphatic rings. The Labute approximate surface area is 132 Å². The number of aromatic hydroxyl groups is 1. The number of para-hydroxylation sites is 1. The first kappa shape index (κ1) is 14.0. The molecule has 2 aromatic heterocycles. The quantitative estimate of drug-likeness (QED) is 0.775. The molecule has 0 bridgehead atoms. The highest BCUT2D eigenvalue weighted by molar-refractivity contribution is 5.73. The Morgan fingerprint density at radius 3 is 2.96 bits per heavy atom. The molecule has 7 heteroatoms. The summed E-state index contributed by atoms with van der Waals surface area (Å²) >= 11 is 0. The second-order valence-corrected chi connectivity index (χ2v) is 5.79. The summed E-state index contributed by atoms with van der Waals surface area (Å²) in [6.45, 7) is 3.93. The van der Waals surface area contributed by atoms with E-state index in [0.717, 1.165) is 42.9 Å². The van der Waals surface area contributed by atoms with Crippen LogP contribution in [0.25, 0.3) is 11.0 Å². The molecule has 7 nitrogen and oxygen atoms in total. The summed E-state index contributed by atoms with van der Waals surface area (Å²) in [6, 6.07) is 9.43. The Hall–Kier alpha value is -2.67. The van der Waals surface area contributed by atoms with Crippen molar-refractivity contribution in [2.45, 2.75) is 19.6 Å². The Bertz CT molecular complexity index is 914. The lowest BCUT2D eigenvalue weighted by Gasteiger charge is -2.30. The molecule has 118 valence electrons. The van der Waals surface area contributed by atoms with Gasteiger partial charge in [-0.2, -0.15) is 0 Å². The lowest BCUT2D eigenvalue weighted by atomic mass is 10.2. The SMILES string of the molecule is O=c1cc2n(cc1O)CCN(CCn1nnc3ccccc31)C2. The van der Waals surface area contributed by atoms with Gasteiger partial charge in [-0.1, -0.05) is 17.3 Å². The van der Waals surface area contributed by atoms with Crippen LogP contribution in [0.3, 0.4) is 0 Å². The minimum Gasteiger partial charge on any atom is -0.503 e. The van der Waals surface area contributed by atoms with Crippen molar-refractivity contribution in [3.63, 3.8) is 0 Å². The van der Waals surface area contributed by atoms with Gasteiger partial charge in [0.2, 0.25) is 5.43 Å². The van der Waals surface area contributed by atoms with Gasteiger partial charge in [0.15, 0.2) is 5.75 Å². The van der Waals surface area contributed by atoms with Crippen LogP contribution in [0.4, 0.5) is 0 Å². The summed E-state index contributed by atoms with van der Waals surface area (Å²) in [5.41, 5.74) is 2.55. The Kier molecular flexibility index (Phi) is 3.34. The maximum Gasteiger partial charge on any atom is 0.223 e. The number of benzene rings is 1. The van der Waals surface area contributed by atoms with Crippen molar-refractivity contribution in [2.75, 3.05) is 13.1 Å². The lowest BCUT2D eigenvalue weighted by Crippen LogP contribution is -2.37. The van der Waals surface area contributed by atoms with Gasteiger partial charge in [-0.25, -0.2) is 4.68 Å². The summed E-state index contributed by atoms with van der Waals surface area (Å²) < 4.78 is 3.85. The van der Waals surface area contributed by atoms with Gasteiger partial charge in [0.05, 0.1) is 18.3 Å². The van der Waals surface area contributed by atoms with Crippen LogP contribution in [0.2, 0.25) is 0 Å². The number of pyridine rings is 1. The summed E-state index contributed by atoms with van der Waals surface area (Å²) in [7, 11) is 0. The molecule has 0 radical (unpaired) electrons. The van der Waals surface area contributed by atoms with E-state index in [9.17, 15) is 9.90 Å². The van der Waals surface area contributed by atoms with E-state index in [0.29, 0.717) is 6.54 Å². The second-order valence-electron chi connectivity index (χ2n) is 5.79. The van der Waals surface area contributed by atoms with E-state index in [-0.39, 0.29) is 11.2 Å². The average Bonchev–Trinajstić information content (AvgIpc) is 2.97. The fraction of sp³-hybridized carbons (Fsp3) is 0.312. The van der Waals surface area contributed by atoms with E-state index in [1.54, 1.807) is 0 Å². The Morgan fingerprint density at radius 2 is 2.04 bits per heavy atom. The molecular formula is C16H17N5O2. The zero-order valence-corrected chi connectivity index (χ0v) is 12.6. The molecule has 0 atom stereocenters. The van der Waals surface area contributed by atoms with Crippen molar-refractivity contribution in [2.24, 2.45) is 0 Å². The van der Waals surface area contributed by atoms with Gasteiger partial charge in [-0.3, -0.25) is 9.69 Å². The minimum atomic E-state index is -0.319. The fourth-order valence-corrected chi connectivity index (χ4v) is 3.01. The van der Waals surface area contributed by atoms with Gasteiger partial charge >= 0.3 is 0 Å². The average molecular weight is 311 g/mol. The molecular weight excluding hydrogens is 294 g/mol. The first-order chi connectivity index (χ1) is 11.2. The van der Waals surface area contributed by atoms with Crippen molar-refractivity contribution >= 4 is 11.0 Å². The molecule has 1 aromatic carbocycles. The molecule has 3 aromatic rings. The zero-order valence-electron chi connectivity index (χ0n) is 12.6. The van der Waals surface area contributed by atoms with Gasteiger partial charge < -0.3 is 9.67 Å². The summed E-state index contributed by atoms with van der Waals surface area (Å²) in [5.74, 6) is -0.184. The van der Waals surface area contributed by atoms with Crippen molar-refractivity contribution in [3.8, 4) is 5.75 Å². The third-order valence-corrected chi connectivity index (χ3v) is 4.29. The normalized spacial score (nSPS) is 15.0. The van der Waals surface area contributed by atoms with E-state index in [2.05, 4.69) is 15.2 Å². The summed E-state index contributed by atoms with van der Waals surface area (Å²) in [4.78, 5) is 13.9. The van der Waals surface area contributed by atoms with Gasteiger partial charge in [-0.05, 0) is 12.1 Å². The molecule has 0 saturated carbocycles. The first-order valence-electron chi connectivity index (χ1n) is 7.63. The molecule has 0 saturated heterocycles. The number of rotatable bonds is 3. The van der Waals surface area contributed by atoms with E-state index in [1.165, 1.54) is 12.3 Å². The van der Waals surface area contributed by atoms with E-state index >= 15 is 0 Å². The van der Waals surface area contributed by atoms with Gasteiger partial charge in [0, 0.05) is 37.9 Å². The smallest absolute Gasteiger partial charge is 0.223 e. The molecule has 0 amide bonds. The van der Waals surface area contributed by atoms with Crippen LogP contribution in [0.1, 0.15) is 5.69 Å². The topological polar surface area (TPSA) is 76.2 Å². The fourth-order valence-electron chi connectivity index (χ4n) is 3.01. The second kappa shape index (κ2) is 5.51. The molecule has 1 aliphatic heterocycles. The predicted molar refractivity (Wildman–Crippen MR) is 85.2 cm³/mol. The Balaban J connectivity index is 1.48. The van der Waals surface area contributed by atoms with Crippen molar-refractivity contribution in [1.29, 1.82) is 0 Å². The number of hydrogen-bond donors (Lipinski definition) is 1. The monoisotopic (exact) mass is 311 g/mol. The first-order valence-corrected chi connectivity index (χ1v) is 7.63. The van der Waals surface area contributed by atoms with Crippen molar-refractivity contribution in [1.82, 2.24) is 24.5 Å². The van der Waals surface area contributed by atoms with Crippen molar-refractivity contribution in [3.05, 3.63) is 52.4 Å². The highest BCUT2D eigenvalue weighted by Crippen LogP contribution is 2.14. The Morgan fingerprint density at radius 1 is 1.17 bits per heavy atom. The van der Waals surface area contributed by atoms with Gasteiger partial charge in [-0.15, -0.1) is 5.10 Å². The molecule has 23 heavy (non-hydrogen) atoms. The van der Waals surface area contributed by atoms with Crippen LogP contribution in [0.15, 0.2) is 41.3 Å². The van der Waals surface area contributed by atoms with Gasteiger partial charge in [0.1, 0.15) is 5.52 Å². The van der Waals surface area contributed by atoms with E-state index < -0.39 is 0 Å². The highest BCUT2D eigenvalue weighted by atomic mass is 16.3. The summed E-state index contributed by atoms with van der Waals surface area (Å²) in [6.07, 6.45) is 1.53. The summed E-state index contributed by atoms with van der Waals surface area (Å²) in [5, 5.41) is 17.9. The van der Waals surface area contributed by atoms with Crippen LogP contribution in [0, 0.1) is 0 Å². The maximum absolute atomic E-state index is 11.6. The molecule has 0 unspecified atom stereocenters. The number of fused-ring (bicyclic) bond motifs is 2. The molecule has 1 N–H and O–H groups in total. The third kappa shape index (κ3) is 2.59. The van der Waals surface area contributed by atoms with Crippen LogP contribution in [-0.2, 0) is 19.6 Å².